The van der Waals surface area contributed by atoms with E-state index in [1.165, 1.54) is 83.4 Å². The molecule has 1 aromatic heterocycles. The first kappa shape index (κ1) is 31.1. The molecule has 0 saturated carbocycles. The average Bonchev–Trinajstić information content (AvgIpc) is 3.62. The van der Waals surface area contributed by atoms with Crippen LogP contribution in [0, 0.1) is 0 Å². The van der Waals surface area contributed by atoms with E-state index in [4.69, 9.17) is 0 Å². The van der Waals surface area contributed by atoms with Crippen molar-refractivity contribution in [3.63, 3.8) is 0 Å². The van der Waals surface area contributed by atoms with Gasteiger partial charge in [-0.2, -0.15) is 0 Å². The summed E-state index contributed by atoms with van der Waals surface area (Å²) in [7, 11) is 0. The summed E-state index contributed by atoms with van der Waals surface area (Å²) in [6, 6.07) is 60.8. The zero-order valence-electron chi connectivity index (χ0n) is 29.8. The summed E-state index contributed by atoms with van der Waals surface area (Å²) >= 11 is 0. The SMILES string of the molecule is CCC(C)N(c1ccc(-c2ccccc2)cc1)c1ccc2c3cc4c(cc3n(-c3ccc(-c5ccccc5)cc3)c2c1)C(C)(C)c1ccccc1-4. The third-order valence-corrected chi connectivity index (χ3v) is 11.2. The second-order valence-corrected chi connectivity index (χ2v) is 14.6. The number of fused-ring (bicyclic) bond motifs is 6. The summed E-state index contributed by atoms with van der Waals surface area (Å²) in [6.07, 6.45) is 1.03. The molecule has 0 bridgehead atoms. The fourth-order valence-electron chi connectivity index (χ4n) is 8.35. The lowest BCUT2D eigenvalue weighted by molar-refractivity contribution is 0.661. The van der Waals surface area contributed by atoms with E-state index in [1.807, 2.05) is 0 Å². The van der Waals surface area contributed by atoms with E-state index in [-0.39, 0.29) is 5.41 Å². The molecule has 51 heavy (non-hydrogen) atoms. The van der Waals surface area contributed by atoms with Crippen molar-refractivity contribution in [2.24, 2.45) is 0 Å². The van der Waals surface area contributed by atoms with Crippen molar-refractivity contribution in [2.45, 2.75) is 45.6 Å². The molecule has 0 radical (unpaired) electrons. The Labute approximate surface area is 301 Å². The van der Waals surface area contributed by atoms with Gasteiger partial charge in [-0.1, -0.05) is 136 Å². The minimum absolute atomic E-state index is 0.0804. The Kier molecular flexibility index (Phi) is 7.44. The summed E-state index contributed by atoms with van der Waals surface area (Å²) in [4.78, 5) is 2.51. The predicted molar refractivity (Wildman–Crippen MR) is 218 cm³/mol. The topological polar surface area (TPSA) is 8.17 Å². The van der Waals surface area contributed by atoms with E-state index in [9.17, 15) is 0 Å². The zero-order valence-corrected chi connectivity index (χ0v) is 29.8. The van der Waals surface area contributed by atoms with Gasteiger partial charge >= 0.3 is 0 Å². The number of hydrogen-bond acceptors (Lipinski definition) is 1. The maximum atomic E-state index is 2.51. The quantitative estimate of drug-likeness (QED) is 0.165. The van der Waals surface area contributed by atoms with Crippen LogP contribution in [0.3, 0.4) is 0 Å². The van der Waals surface area contributed by atoms with Crippen molar-refractivity contribution in [1.29, 1.82) is 0 Å². The molecule has 1 heterocycles. The van der Waals surface area contributed by atoms with Crippen molar-refractivity contribution < 1.29 is 0 Å². The van der Waals surface area contributed by atoms with E-state index in [0.717, 1.165) is 6.42 Å². The van der Waals surface area contributed by atoms with Gasteiger partial charge in [-0.3, -0.25) is 0 Å². The van der Waals surface area contributed by atoms with Gasteiger partial charge in [0.05, 0.1) is 11.0 Å². The molecule has 0 amide bonds. The van der Waals surface area contributed by atoms with Gasteiger partial charge < -0.3 is 9.47 Å². The average molecular weight is 659 g/mol. The lowest BCUT2D eigenvalue weighted by atomic mass is 9.82. The van der Waals surface area contributed by atoms with Gasteiger partial charge in [-0.15, -0.1) is 0 Å². The fraction of sp³-hybridized carbons (Fsp3) is 0.143. The Bertz CT molecular complexity index is 2520. The molecule has 7 aromatic carbocycles. The van der Waals surface area contributed by atoms with Gasteiger partial charge in [0.1, 0.15) is 0 Å². The Balaban J connectivity index is 1.25. The summed E-state index contributed by atoms with van der Waals surface area (Å²) in [5.41, 5.74) is 16.4. The molecule has 2 nitrogen and oxygen atoms in total. The monoisotopic (exact) mass is 658 g/mol. The highest BCUT2D eigenvalue weighted by atomic mass is 15.2. The molecule has 2 heteroatoms. The highest BCUT2D eigenvalue weighted by Gasteiger charge is 2.36. The van der Waals surface area contributed by atoms with Crippen LogP contribution in [-0.4, -0.2) is 10.6 Å². The first-order valence-corrected chi connectivity index (χ1v) is 18.3. The summed E-state index contributed by atoms with van der Waals surface area (Å²) in [6.45, 7) is 9.35. The lowest BCUT2D eigenvalue weighted by Crippen LogP contribution is -2.27. The Morgan fingerprint density at radius 3 is 1.71 bits per heavy atom. The second-order valence-electron chi connectivity index (χ2n) is 14.6. The molecule has 1 aliphatic rings. The van der Waals surface area contributed by atoms with Crippen LogP contribution in [0.2, 0.25) is 0 Å². The van der Waals surface area contributed by atoms with E-state index < -0.39 is 0 Å². The summed E-state index contributed by atoms with van der Waals surface area (Å²) in [5, 5.41) is 2.56. The molecule has 248 valence electrons. The molecular formula is C49H42N2. The van der Waals surface area contributed by atoms with E-state index >= 15 is 0 Å². The summed E-state index contributed by atoms with van der Waals surface area (Å²) < 4.78 is 2.50. The van der Waals surface area contributed by atoms with Crippen LogP contribution in [0.15, 0.2) is 164 Å². The number of rotatable bonds is 7. The maximum Gasteiger partial charge on any atom is 0.0561 e. The minimum atomic E-state index is -0.0804. The van der Waals surface area contributed by atoms with Crippen molar-refractivity contribution in [1.82, 2.24) is 4.57 Å². The third-order valence-electron chi connectivity index (χ3n) is 11.2. The van der Waals surface area contributed by atoms with E-state index in [1.54, 1.807) is 0 Å². The fourth-order valence-corrected chi connectivity index (χ4v) is 8.35. The van der Waals surface area contributed by atoms with Crippen LogP contribution in [0.25, 0.3) is 60.9 Å². The Hall–Kier alpha value is -5.86. The normalized spacial score (nSPS) is 13.6. The van der Waals surface area contributed by atoms with Gasteiger partial charge in [0.15, 0.2) is 0 Å². The number of benzene rings is 7. The zero-order chi connectivity index (χ0) is 34.7. The predicted octanol–water partition coefficient (Wildman–Crippen LogP) is 13.4. The molecule has 1 unspecified atom stereocenters. The molecule has 0 aliphatic heterocycles. The highest BCUT2D eigenvalue weighted by molar-refractivity contribution is 6.12. The van der Waals surface area contributed by atoms with Gasteiger partial charge in [-0.25, -0.2) is 0 Å². The van der Waals surface area contributed by atoms with Crippen molar-refractivity contribution in [3.8, 4) is 39.1 Å². The third kappa shape index (κ3) is 5.09. The molecule has 0 spiro atoms. The van der Waals surface area contributed by atoms with Gasteiger partial charge in [0.25, 0.3) is 0 Å². The van der Waals surface area contributed by atoms with E-state index in [2.05, 4.69) is 201 Å². The van der Waals surface area contributed by atoms with Crippen LogP contribution in [0.1, 0.15) is 45.2 Å². The highest BCUT2D eigenvalue weighted by Crippen LogP contribution is 2.51. The van der Waals surface area contributed by atoms with Crippen LogP contribution < -0.4 is 4.90 Å². The smallest absolute Gasteiger partial charge is 0.0561 e. The largest absolute Gasteiger partial charge is 0.339 e. The van der Waals surface area contributed by atoms with E-state index in [0.29, 0.717) is 6.04 Å². The molecular weight excluding hydrogens is 617 g/mol. The van der Waals surface area contributed by atoms with Gasteiger partial charge in [0, 0.05) is 39.3 Å². The Morgan fingerprint density at radius 2 is 1.06 bits per heavy atom. The van der Waals surface area contributed by atoms with Crippen molar-refractivity contribution in [3.05, 3.63) is 175 Å². The standard InChI is InChI=1S/C49H42N2/c1-5-33(2)50(38-24-20-36(21-25-38)34-14-8-6-9-15-34)40-28-29-42-44-31-43-41-18-12-13-19-45(41)49(3,4)46(43)32-48(44)51(47(42)30-40)39-26-22-37(23-27-39)35-16-10-7-11-17-35/h6-33H,5H2,1-4H3. The molecule has 1 atom stereocenters. The van der Waals surface area contributed by atoms with Crippen molar-refractivity contribution in [2.75, 3.05) is 4.90 Å². The lowest BCUT2D eigenvalue weighted by Gasteiger charge is -2.31. The maximum absolute atomic E-state index is 2.51. The molecule has 8 aromatic rings. The first-order chi connectivity index (χ1) is 24.9. The first-order valence-electron chi connectivity index (χ1n) is 18.3. The van der Waals surface area contributed by atoms with Gasteiger partial charge in [-0.05, 0) is 106 Å². The Morgan fingerprint density at radius 1 is 0.510 bits per heavy atom. The molecule has 0 fully saturated rings. The number of aromatic nitrogens is 1. The molecule has 9 rings (SSSR count). The van der Waals surface area contributed by atoms with Crippen molar-refractivity contribution >= 4 is 33.2 Å². The van der Waals surface area contributed by atoms with Crippen LogP contribution in [-0.2, 0) is 5.41 Å². The van der Waals surface area contributed by atoms with Crippen LogP contribution in [0.4, 0.5) is 11.4 Å². The van der Waals surface area contributed by atoms with Gasteiger partial charge in [0.2, 0.25) is 0 Å². The number of anilines is 2. The van der Waals surface area contributed by atoms with Crippen LogP contribution >= 0.6 is 0 Å². The number of hydrogen-bond donors (Lipinski definition) is 0. The molecule has 0 saturated heterocycles. The number of nitrogens with zero attached hydrogens (tertiary/aromatic N) is 2. The molecule has 1 aliphatic carbocycles. The second kappa shape index (κ2) is 12.2. The minimum Gasteiger partial charge on any atom is -0.339 e. The summed E-state index contributed by atoms with van der Waals surface area (Å²) in [5.74, 6) is 0. The van der Waals surface area contributed by atoms with Crippen LogP contribution in [0.5, 0.6) is 0 Å². The molecule has 0 N–H and O–H groups in total.